The molecule has 3 rings (SSSR count). The Balaban J connectivity index is 2.01. The van der Waals surface area contributed by atoms with Crippen LogP contribution in [0.15, 0.2) is 54.6 Å². The molecular formula is C20H22N2O2. The number of likely N-dealkylation sites (N-methyl/N-ethyl adjacent to an activating group) is 1. The highest BCUT2D eigenvalue weighted by molar-refractivity contribution is 5.90. The number of hydrogen-bond acceptors (Lipinski definition) is 3. The van der Waals surface area contributed by atoms with Crippen molar-refractivity contribution in [2.24, 2.45) is 5.73 Å². The Labute approximate surface area is 142 Å². The Kier molecular flexibility index (Phi) is 5.08. The zero-order chi connectivity index (χ0) is 16.9. The maximum Gasteiger partial charge on any atom is 0.241 e. The third kappa shape index (κ3) is 3.91. The predicted molar refractivity (Wildman–Crippen MR) is 95.2 cm³/mol. The predicted octanol–water partition coefficient (Wildman–Crippen LogP) is 2.74. The van der Waals surface area contributed by atoms with Gasteiger partial charge in [0, 0.05) is 19.2 Å². The van der Waals surface area contributed by atoms with Crippen molar-refractivity contribution in [1.29, 1.82) is 0 Å². The fourth-order valence-corrected chi connectivity index (χ4v) is 2.99. The van der Waals surface area contributed by atoms with Crippen LogP contribution < -0.4 is 5.73 Å². The monoisotopic (exact) mass is 322 g/mol. The van der Waals surface area contributed by atoms with Gasteiger partial charge < -0.3 is 10.5 Å². The van der Waals surface area contributed by atoms with Crippen molar-refractivity contribution < 1.29 is 9.53 Å². The van der Waals surface area contributed by atoms with E-state index in [1.165, 1.54) is 17.2 Å². The molecule has 0 fully saturated rings. The van der Waals surface area contributed by atoms with Gasteiger partial charge in [0.1, 0.15) is 6.10 Å². The smallest absolute Gasteiger partial charge is 0.241 e. The molecule has 0 radical (unpaired) electrons. The molecule has 2 aromatic rings. The number of fused-ring (bicyclic) bond motifs is 1. The van der Waals surface area contributed by atoms with Crippen molar-refractivity contribution in [2.75, 3.05) is 20.2 Å². The van der Waals surface area contributed by atoms with Crippen molar-refractivity contribution in [3.05, 3.63) is 76.9 Å². The van der Waals surface area contributed by atoms with E-state index in [1.807, 2.05) is 24.3 Å². The summed E-state index contributed by atoms with van der Waals surface area (Å²) in [6.07, 6.45) is 3.07. The van der Waals surface area contributed by atoms with Gasteiger partial charge in [0.2, 0.25) is 5.91 Å². The molecule has 1 amide bonds. The molecular weight excluding hydrogens is 300 g/mol. The van der Waals surface area contributed by atoms with Crippen molar-refractivity contribution in [1.82, 2.24) is 4.90 Å². The molecule has 1 aliphatic rings. The summed E-state index contributed by atoms with van der Waals surface area (Å²) in [4.78, 5) is 13.2. The molecule has 0 aromatic heterocycles. The van der Waals surface area contributed by atoms with E-state index < -0.39 is 5.91 Å². The molecule has 2 aromatic carbocycles. The Bertz CT molecular complexity index is 741. The summed E-state index contributed by atoms with van der Waals surface area (Å²) in [5.74, 6) is -0.440. The van der Waals surface area contributed by atoms with E-state index in [1.54, 1.807) is 6.08 Å². The van der Waals surface area contributed by atoms with Crippen LogP contribution in [0.25, 0.3) is 6.08 Å². The fourth-order valence-electron chi connectivity index (χ4n) is 2.99. The summed E-state index contributed by atoms with van der Waals surface area (Å²) in [6, 6.07) is 16.5. The molecule has 0 saturated carbocycles. The van der Waals surface area contributed by atoms with Gasteiger partial charge in [0.05, 0.1) is 6.61 Å². The normalized spacial score (nSPS) is 18.8. The zero-order valence-corrected chi connectivity index (χ0v) is 13.8. The van der Waals surface area contributed by atoms with Crippen LogP contribution in [-0.2, 0) is 16.1 Å². The second-order valence-electron chi connectivity index (χ2n) is 6.09. The van der Waals surface area contributed by atoms with Gasteiger partial charge >= 0.3 is 0 Å². The summed E-state index contributed by atoms with van der Waals surface area (Å²) in [5, 5.41) is 0. The number of benzene rings is 2. The molecule has 2 N–H and O–H groups in total. The topological polar surface area (TPSA) is 55.6 Å². The van der Waals surface area contributed by atoms with E-state index in [-0.39, 0.29) is 6.10 Å². The van der Waals surface area contributed by atoms with Gasteiger partial charge in [-0.2, -0.15) is 0 Å². The Morgan fingerprint density at radius 2 is 2.04 bits per heavy atom. The highest BCUT2D eigenvalue weighted by Crippen LogP contribution is 2.31. The lowest BCUT2D eigenvalue weighted by atomic mass is 9.94. The molecule has 1 heterocycles. The average molecular weight is 322 g/mol. The number of nitrogens with two attached hydrogens (primary N) is 1. The van der Waals surface area contributed by atoms with E-state index in [9.17, 15) is 4.79 Å². The lowest BCUT2D eigenvalue weighted by molar-refractivity contribution is -0.113. The molecule has 0 saturated heterocycles. The van der Waals surface area contributed by atoms with E-state index in [2.05, 4.69) is 36.2 Å². The van der Waals surface area contributed by atoms with Crippen molar-refractivity contribution >= 4 is 12.0 Å². The number of ether oxygens (including phenoxy) is 1. The van der Waals surface area contributed by atoms with Gasteiger partial charge in [-0.05, 0) is 35.4 Å². The molecule has 1 unspecified atom stereocenters. The van der Waals surface area contributed by atoms with Crippen LogP contribution >= 0.6 is 0 Å². The third-order valence-corrected chi connectivity index (χ3v) is 4.19. The average Bonchev–Trinajstić information content (AvgIpc) is 2.57. The molecule has 0 aliphatic carbocycles. The van der Waals surface area contributed by atoms with Gasteiger partial charge in [-0.25, -0.2) is 0 Å². The summed E-state index contributed by atoms with van der Waals surface area (Å²) in [5.41, 5.74) is 9.69. The number of nitrogens with zero attached hydrogens (tertiary/aromatic N) is 1. The molecule has 4 heteroatoms. The van der Waals surface area contributed by atoms with Gasteiger partial charge in [0.25, 0.3) is 0 Å². The minimum Gasteiger partial charge on any atom is -0.367 e. The number of hydrogen-bond donors (Lipinski definition) is 1. The minimum atomic E-state index is -0.440. The number of rotatable bonds is 3. The summed E-state index contributed by atoms with van der Waals surface area (Å²) < 4.78 is 6.17. The summed E-state index contributed by atoms with van der Waals surface area (Å²) in [6.45, 7) is 2.42. The highest BCUT2D eigenvalue weighted by Gasteiger charge is 2.21. The summed E-state index contributed by atoms with van der Waals surface area (Å²) >= 11 is 0. The standard InChI is InChI=1S/C20H22N2O2/c1-22-11-12-24-20(16-5-3-2-4-6-16)18-9-7-15(8-10-19(21)23)13-17(18)14-22/h2-10,13,20H,11-12,14H2,1H3,(H2,21,23)/b10-8+. The van der Waals surface area contributed by atoms with Crippen LogP contribution in [0.4, 0.5) is 0 Å². The lowest BCUT2D eigenvalue weighted by Crippen LogP contribution is -2.27. The maximum atomic E-state index is 11.0. The lowest BCUT2D eigenvalue weighted by Gasteiger charge is -2.28. The fraction of sp³-hybridized carbons (Fsp3) is 0.250. The van der Waals surface area contributed by atoms with Crippen molar-refractivity contribution in [3.63, 3.8) is 0 Å². The molecule has 24 heavy (non-hydrogen) atoms. The van der Waals surface area contributed by atoms with Crippen LogP contribution in [0.2, 0.25) is 0 Å². The van der Waals surface area contributed by atoms with Gasteiger partial charge in [-0.15, -0.1) is 0 Å². The van der Waals surface area contributed by atoms with Crippen LogP contribution in [-0.4, -0.2) is 31.0 Å². The van der Waals surface area contributed by atoms with Crippen molar-refractivity contribution in [2.45, 2.75) is 12.6 Å². The number of amides is 1. The quantitative estimate of drug-likeness (QED) is 0.884. The minimum absolute atomic E-state index is 0.0657. The Morgan fingerprint density at radius 3 is 2.79 bits per heavy atom. The maximum absolute atomic E-state index is 11.0. The van der Waals surface area contributed by atoms with Gasteiger partial charge in [0.15, 0.2) is 0 Å². The van der Waals surface area contributed by atoms with E-state index in [0.717, 1.165) is 24.2 Å². The van der Waals surface area contributed by atoms with Gasteiger partial charge in [-0.3, -0.25) is 9.69 Å². The van der Waals surface area contributed by atoms with E-state index in [0.29, 0.717) is 6.61 Å². The second-order valence-corrected chi connectivity index (χ2v) is 6.09. The summed E-state index contributed by atoms with van der Waals surface area (Å²) in [7, 11) is 2.09. The second kappa shape index (κ2) is 7.43. The first-order valence-electron chi connectivity index (χ1n) is 8.09. The number of carbonyl (C=O) groups excluding carboxylic acids is 1. The Morgan fingerprint density at radius 1 is 1.25 bits per heavy atom. The molecule has 124 valence electrons. The van der Waals surface area contributed by atoms with Gasteiger partial charge in [-0.1, -0.05) is 48.5 Å². The SMILES string of the molecule is CN1CCOC(c2ccccc2)c2ccc(/C=C/C(N)=O)cc2C1. The first-order chi connectivity index (χ1) is 11.6. The first-order valence-corrected chi connectivity index (χ1v) is 8.09. The molecule has 1 aliphatic heterocycles. The number of carbonyl (C=O) groups is 1. The molecule has 4 nitrogen and oxygen atoms in total. The van der Waals surface area contributed by atoms with Crippen molar-refractivity contribution in [3.8, 4) is 0 Å². The molecule has 0 bridgehead atoms. The highest BCUT2D eigenvalue weighted by atomic mass is 16.5. The number of primary amides is 1. The van der Waals surface area contributed by atoms with Crippen LogP contribution in [0.5, 0.6) is 0 Å². The third-order valence-electron chi connectivity index (χ3n) is 4.19. The molecule has 1 atom stereocenters. The van der Waals surface area contributed by atoms with E-state index >= 15 is 0 Å². The van der Waals surface area contributed by atoms with Crippen LogP contribution in [0, 0.1) is 0 Å². The van der Waals surface area contributed by atoms with E-state index in [4.69, 9.17) is 10.5 Å². The Hall–Kier alpha value is -2.43. The molecule has 0 spiro atoms. The van der Waals surface area contributed by atoms with Crippen LogP contribution in [0.3, 0.4) is 0 Å². The van der Waals surface area contributed by atoms with Crippen LogP contribution in [0.1, 0.15) is 28.4 Å². The first kappa shape index (κ1) is 16.4. The largest absolute Gasteiger partial charge is 0.367 e. The zero-order valence-electron chi connectivity index (χ0n) is 13.8.